The lowest BCUT2D eigenvalue weighted by Gasteiger charge is -2.42. The van der Waals surface area contributed by atoms with Gasteiger partial charge in [-0.05, 0) is 35.9 Å². The molecule has 4 aromatic carbocycles. The van der Waals surface area contributed by atoms with Crippen LogP contribution >= 0.6 is 11.8 Å². The molecule has 184 valence electrons. The summed E-state index contributed by atoms with van der Waals surface area (Å²) in [4.78, 5) is 45.5. The Balaban J connectivity index is 1.48. The molecule has 0 N–H and O–H groups in total. The molecule has 0 aromatic heterocycles. The van der Waals surface area contributed by atoms with E-state index in [0.717, 1.165) is 11.1 Å². The van der Waals surface area contributed by atoms with Crippen molar-refractivity contribution in [3.8, 4) is 11.5 Å². The van der Waals surface area contributed by atoms with E-state index in [1.165, 1.54) is 16.7 Å². The molecule has 3 saturated heterocycles. The number of carbonyl (C=O) groups is 3. The topological polar surface area (TPSA) is 66.9 Å². The van der Waals surface area contributed by atoms with Crippen LogP contribution in [0, 0.1) is 11.8 Å². The summed E-state index contributed by atoms with van der Waals surface area (Å²) < 4.78 is 5.10. The maximum atomic E-state index is 14.8. The quantitative estimate of drug-likeness (QED) is 0.332. The van der Waals surface area contributed by atoms with Gasteiger partial charge in [0.05, 0.1) is 23.2 Å². The van der Waals surface area contributed by atoms with E-state index in [9.17, 15) is 14.4 Å². The number of thioether (sulfide) groups is 1. The SMILES string of the molecule is O=C1[C@@H]2[C@H](C(=O)N1c1ccccc1)[C@]13S[C@@]2(c2ccccc2)C(=O)N1c1ccccc1Oc1ccccc13. The number of nitrogens with zero attached hydrogens (tertiary/aromatic N) is 2. The van der Waals surface area contributed by atoms with Crippen molar-refractivity contribution in [2.24, 2.45) is 11.8 Å². The fourth-order valence-electron chi connectivity index (χ4n) is 6.73. The third-order valence-corrected chi connectivity index (χ3v) is 10.1. The van der Waals surface area contributed by atoms with E-state index in [1.54, 1.807) is 29.2 Å². The van der Waals surface area contributed by atoms with Gasteiger partial charge in [-0.3, -0.25) is 19.3 Å². The minimum atomic E-state index is -1.28. The first kappa shape index (κ1) is 21.7. The lowest BCUT2D eigenvalue weighted by molar-refractivity contribution is -0.132. The molecule has 7 heteroatoms. The number of rotatable bonds is 2. The Hall–Kier alpha value is -4.36. The van der Waals surface area contributed by atoms with E-state index in [-0.39, 0.29) is 17.7 Å². The number of carbonyl (C=O) groups excluding carboxylic acids is 3. The lowest BCUT2D eigenvalue weighted by atomic mass is 9.69. The van der Waals surface area contributed by atoms with Gasteiger partial charge in [-0.2, -0.15) is 0 Å². The summed E-state index contributed by atoms with van der Waals surface area (Å²) >= 11 is 1.42. The van der Waals surface area contributed by atoms with Crippen molar-refractivity contribution < 1.29 is 19.1 Å². The number of ether oxygens (including phenoxy) is 1. The Bertz CT molecular complexity index is 1680. The molecule has 4 heterocycles. The lowest BCUT2D eigenvalue weighted by Crippen LogP contribution is -2.58. The molecular formula is C31H20N2O4S. The maximum absolute atomic E-state index is 14.8. The Morgan fingerprint density at radius 1 is 0.658 bits per heavy atom. The summed E-state index contributed by atoms with van der Waals surface area (Å²) in [5.41, 5.74) is 2.55. The van der Waals surface area contributed by atoms with Gasteiger partial charge < -0.3 is 4.74 Å². The van der Waals surface area contributed by atoms with Crippen LogP contribution in [0.5, 0.6) is 11.5 Å². The summed E-state index contributed by atoms with van der Waals surface area (Å²) in [7, 11) is 0. The summed E-state index contributed by atoms with van der Waals surface area (Å²) in [5.74, 6) is -1.43. The highest BCUT2D eigenvalue weighted by Gasteiger charge is 2.83. The molecule has 0 saturated carbocycles. The van der Waals surface area contributed by atoms with Crippen LogP contribution < -0.4 is 14.5 Å². The molecule has 4 atom stereocenters. The second-order valence-electron chi connectivity index (χ2n) is 9.91. The molecule has 4 aromatic rings. The first-order chi connectivity index (χ1) is 18.6. The van der Waals surface area contributed by atoms with Crippen LogP contribution in [0.3, 0.4) is 0 Å². The van der Waals surface area contributed by atoms with Crippen LogP contribution in [-0.2, 0) is 24.0 Å². The first-order valence-electron chi connectivity index (χ1n) is 12.5. The predicted octanol–water partition coefficient (Wildman–Crippen LogP) is 5.44. The highest BCUT2D eigenvalue weighted by molar-refractivity contribution is 8.03. The highest BCUT2D eigenvalue weighted by Crippen LogP contribution is 2.77. The van der Waals surface area contributed by atoms with E-state index >= 15 is 0 Å². The predicted molar refractivity (Wildman–Crippen MR) is 144 cm³/mol. The molecular weight excluding hydrogens is 496 g/mol. The standard InChI is InChI=1S/C31H20N2O4S/c34-27-25-26(28(35)32(27)20-13-5-2-6-14-20)31-21-15-7-9-17-23(21)37-24-18-10-8-16-22(24)33(31)29(36)30(25,38-31)19-11-3-1-4-12-19/h1-18,25-26H/t25-,26+,30+,31-/m0/s1. The molecule has 3 amide bonds. The molecule has 0 aliphatic carbocycles. The number of para-hydroxylation sites is 4. The van der Waals surface area contributed by atoms with Gasteiger partial charge in [-0.1, -0.05) is 78.9 Å². The van der Waals surface area contributed by atoms with Gasteiger partial charge in [0.2, 0.25) is 17.7 Å². The van der Waals surface area contributed by atoms with E-state index < -0.39 is 21.5 Å². The zero-order valence-corrected chi connectivity index (χ0v) is 20.8. The number of fused-ring (bicyclic) bond motifs is 6. The molecule has 1 spiro atoms. The van der Waals surface area contributed by atoms with Gasteiger partial charge in [-0.25, -0.2) is 4.90 Å². The Kier molecular flexibility index (Phi) is 4.20. The van der Waals surface area contributed by atoms with Crippen molar-refractivity contribution in [1.29, 1.82) is 0 Å². The number of amides is 3. The van der Waals surface area contributed by atoms with Crippen molar-refractivity contribution in [3.63, 3.8) is 0 Å². The van der Waals surface area contributed by atoms with Crippen LogP contribution in [0.4, 0.5) is 11.4 Å². The van der Waals surface area contributed by atoms with E-state index in [1.807, 2.05) is 84.9 Å². The van der Waals surface area contributed by atoms with Crippen LogP contribution in [0.1, 0.15) is 11.1 Å². The number of imide groups is 1. The molecule has 6 nitrogen and oxygen atoms in total. The van der Waals surface area contributed by atoms with Gasteiger partial charge in [-0.15, -0.1) is 11.8 Å². The summed E-state index contributed by atoms with van der Waals surface area (Å²) in [6, 6.07) is 33.4. The molecule has 4 aliphatic rings. The summed E-state index contributed by atoms with van der Waals surface area (Å²) in [6.45, 7) is 0. The van der Waals surface area contributed by atoms with E-state index in [4.69, 9.17) is 4.74 Å². The highest BCUT2D eigenvalue weighted by atomic mass is 32.2. The zero-order valence-electron chi connectivity index (χ0n) is 20.0. The number of hydrogen-bond donors (Lipinski definition) is 0. The molecule has 0 radical (unpaired) electrons. The summed E-state index contributed by atoms with van der Waals surface area (Å²) in [5, 5.41) is 0. The van der Waals surface area contributed by atoms with Gasteiger partial charge in [0.25, 0.3) is 0 Å². The smallest absolute Gasteiger partial charge is 0.250 e. The fourth-order valence-corrected chi connectivity index (χ4v) is 8.94. The Morgan fingerprint density at radius 2 is 1.26 bits per heavy atom. The molecule has 4 aliphatic heterocycles. The van der Waals surface area contributed by atoms with Crippen LogP contribution in [0.25, 0.3) is 0 Å². The number of benzene rings is 4. The minimum Gasteiger partial charge on any atom is -0.455 e. The van der Waals surface area contributed by atoms with E-state index in [0.29, 0.717) is 22.9 Å². The van der Waals surface area contributed by atoms with Gasteiger partial charge >= 0.3 is 0 Å². The second kappa shape index (κ2) is 7.36. The monoisotopic (exact) mass is 516 g/mol. The van der Waals surface area contributed by atoms with Crippen molar-refractivity contribution in [2.45, 2.75) is 9.62 Å². The van der Waals surface area contributed by atoms with Crippen LogP contribution in [0.2, 0.25) is 0 Å². The molecule has 0 unspecified atom stereocenters. The largest absolute Gasteiger partial charge is 0.455 e. The van der Waals surface area contributed by atoms with Gasteiger partial charge in [0.15, 0.2) is 5.75 Å². The number of hydrogen-bond acceptors (Lipinski definition) is 5. The maximum Gasteiger partial charge on any atom is 0.250 e. The Labute approximate surface area is 222 Å². The second-order valence-corrected chi connectivity index (χ2v) is 11.4. The van der Waals surface area contributed by atoms with Gasteiger partial charge in [0, 0.05) is 5.56 Å². The van der Waals surface area contributed by atoms with Gasteiger partial charge in [0.1, 0.15) is 15.4 Å². The average molecular weight is 517 g/mol. The van der Waals surface area contributed by atoms with Crippen molar-refractivity contribution in [3.05, 3.63) is 120 Å². The van der Waals surface area contributed by atoms with Crippen LogP contribution in [0.15, 0.2) is 109 Å². The zero-order chi connectivity index (χ0) is 25.6. The molecule has 2 bridgehead atoms. The Morgan fingerprint density at radius 3 is 2.03 bits per heavy atom. The third kappa shape index (κ3) is 2.38. The third-order valence-electron chi connectivity index (χ3n) is 8.15. The first-order valence-corrected chi connectivity index (χ1v) is 13.3. The van der Waals surface area contributed by atoms with Crippen molar-refractivity contribution in [2.75, 3.05) is 9.80 Å². The minimum absolute atomic E-state index is 0.209. The number of piperidine rings is 1. The normalized spacial score (nSPS) is 28.4. The van der Waals surface area contributed by atoms with Crippen LogP contribution in [-0.4, -0.2) is 17.7 Å². The number of anilines is 2. The molecule has 3 fully saturated rings. The molecule has 8 rings (SSSR count). The molecule has 38 heavy (non-hydrogen) atoms. The van der Waals surface area contributed by atoms with Crippen molar-refractivity contribution >= 4 is 40.9 Å². The van der Waals surface area contributed by atoms with Crippen molar-refractivity contribution in [1.82, 2.24) is 0 Å². The van der Waals surface area contributed by atoms with E-state index in [2.05, 4.69) is 0 Å². The fraction of sp³-hybridized carbons (Fsp3) is 0.129. The average Bonchev–Trinajstić information content (AvgIpc) is 3.49. The summed E-state index contributed by atoms with van der Waals surface area (Å²) in [6.07, 6.45) is 0.